The fraction of sp³-hybridized carbons (Fsp3) is 0.714. The summed E-state index contributed by atoms with van der Waals surface area (Å²) in [7, 11) is 0. The SMILES string of the molecule is CSC(=S)NNC1=NCCCC1. The van der Waals surface area contributed by atoms with Crippen LogP contribution in [0, 0.1) is 0 Å². The third-order valence-corrected chi connectivity index (χ3v) is 2.69. The Balaban J connectivity index is 2.21. The summed E-state index contributed by atoms with van der Waals surface area (Å²) >= 11 is 6.47. The predicted octanol–water partition coefficient (Wildman–Crippen LogP) is 1.31. The maximum Gasteiger partial charge on any atom is 0.152 e. The van der Waals surface area contributed by atoms with Gasteiger partial charge >= 0.3 is 0 Å². The molecule has 0 aromatic carbocycles. The van der Waals surface area contributed by atoms with E-state index in [1.54, 1.807) is 0 Å². The van der Waals surface area contributed by atoms with Crippen molar-refractivity contribution < 1.29 is 0 Å². The molecule has 1 heterocycles. The molecule has 3 nitrogen and oxygen atoms in total. The van der Waals surface area contributed by atoms with Gasteiger partial charge in [-0.15, -0.1) is 0 Å². The van der Waals surface area contributed by atoms with Gasteiger partial charge in [0.05, 0.1) is 0 Å². The summed E-state index contributed by atoms with van der Waals surface area (Å²) in [6, 6.07) is 0. The van der Waals surface area contributed by atoms with Crippen molar-refractivity contribution in [2.75, 3.05) is 12.8 Å². The van der Waals surface area contributed by atoms with Crippen LogP contribution in [0.2, 0.25) is 0 Å². The average Bonchev–Trinajstić information content (AvgIpc) is 2.16. The topological polar surface area (TPSA) is 36.4 Å². The highest BCUT2D eigenvalue weighted by molar-refractivity contribution is 8.22. The minimum Gasteiger partial charge on any atom is -0.287 e. The van der Waals surface area contributed by atoms with Gasteiger partial charge in [-0.3, -0.25) is 15.8 Å². The number of hydrogen-bond donors (Lipinski definition) is 2. The van der Waals surface area contributed by atoms with Crippen LogP contribution in [0.3, 0.4) is 0 Å². The molecule has 0 aliphatic carbocycles. The molecule has 0 radical (unpaired) electrons. The molecule has 0 aromatic heterocycles. The van der Waals surface area contributed by atoms with Crippen LogP contribution < -0.4 is 10.9 Å². The molecule has 0 spiro atoms. The normalized spacial score (nSPS) is 16.6. The summed E-state index contributed by atoms with van der Waals surface area (Å²) in [5, 5.41) is 0. The molecule has 0 saturated carbocycles. The van der Waals surface area contributed by atoms with Crippen LogP contribution in [-0.2, 0) is 0 Å². The van der Waals surface area contributed by atoms with Crippen molar-refractivity contribution in [3.63, 3.8) is 0 Å². The third-order valence-electron chi connectivity index (χ3n) is 1.62. The van der Waals surface area contributed by atoms with Gasteiger partial charge in [0.25, 0.3) is 0 Å². The molecule has 1 aliphatic heterocycles. The van der Waals surface area contributed by atoms with E-state index in [1.165, 1.54) is 24.6 Å². The quantitative estimate of drug-likeness (QED) is 0.460. The lowest BCUT2D eigenvalue weighted by Gasteiger charge is -2.14. The summed E-state index contributed by atoms with van der Waals surface area (Å²) in [4.78, 5) is 4.31. The number of nitrogens with one attached hydrogen (secondary N) is 2. The van der Waals surface area contributed by atoms with Gasteiger partial charge < -0.3 is 0 Å². The van der Waals surface area contributed by atoms with Gasteiger partial charge in [0.15, 0.2) is 4.32 Å². The van der Waals surface area contributed by atoms with Crippen LogP contribution in [0.4, 0.5) is 0 Å². The standard InChI is InChI=1S/C7H13N3S2/c1-12-7(11)10-9-6-4-2-3-5-8-6/h2-5H2,1H3,(H,8,9)(H,10,11). The second-order valence-corrected chi connectivity index (χ2v) is 4.01. The molecule has 0 amide bonds. The Kier molecular flexibility index (Phi) is 4.39. The van der Waals surface area contributed by atoms with Crippen molar-refractivity contribution in [3.8, 4) is 0 Å². The van der Waals surface area contributed by atoms with E-state index in [1.807, 2.05) is 6.26 Å². The van der Waals surface area contributed by atoms with Crippen molar-refractivity contribution >= 4 is 34.1 Å². The predicted molar refractivity (Wildman–Crippen MR) is 58.5 cm³/mol. The van der Waals surface area contributed by atoms with Gasteiger partial charge in [0, 0.05) is 13.0 Å². The number of thioether (sulfide) groups is 1. The van der Waals surface area contributed by atoms with E-state index in [4.69, 9.17) is 12.2 Å². The molecule has 0 fully saturated rings. The highest BCUT2D eigenvalue weighted by atomic mass is 32.2. The fourth-order valence-corrected chi connectivity index (χ4v) is 1.18. The Hall–Kier alpha value is -0.290. The Labute approximate surface area is 82.4 Å². The first-order chi connectivity index (χ1) is 5.83. The number of hydrazine groups is 1. The van der Waals surface area contributed by atoms with Crippen molar-refractivity contribution in [2.45, 2.75) is 19.3 Å². The van der Waals surface area contributed by atoms with E-state index in [0.29, 0.717) is 0 Å². The van der Waals surface area contributed by atoms with Gasteiger partial charge in [0.1, 0.15) is 5.84 Å². The highest BCUT2D eigenvalue weighted by Crippen LogP contribution is 2.03. The monoisotopic (exact) mass is 203 g/mol. The lowest BCUT2D eigenvalue weighted by atomic mass is 10.2. The molecule has 1 rings (SSSR count). The van der Waals surface area contributed by atoms with Crippen LogP contribution in [0.15, 0.2) is 4.99 Å². The van der Waals surface area contributed by atoms with Gasteiger partial charge in [-0.05, 0) is 19.1 Å². The molecule has 0 atom stereocenters. The molecule has 68 valence electrons. The number of amidine groups is 1. The van der Waals surface area contributed by atoms with Crippen molar-refractivity contribution in [1.82, 2.24) is 10.9 Å². The van der Waals surface area contributed by atoms with Crippen LogP contribution in [-0.4, -0.2) is 23.0 Å². The Morgan fingerprint density at radius 2 is 2.42 bits per heavy atom. The number of aliphatic imine (C=N–C) groups is 1. The summed E-state index contributed by atoms with van der Waals surface area (Å²) in [6.07, 6.45) is 5.40. The minimum absolute atomic E-state index is 0.753. The largest absolute Gasteiger partial charge is 0.287 e. The summed E-state index contributed by atoms with van der Waals surface area (Å²) < 4.78 is 0.753. The van der Waals surface area contributed by atoms with Crippen molar-refractivity contribution in [3.05, 3.63) is 0 Å². The van der Waals surface area contributed by atoms with Gasteiger partial charge in [-0.1, -0.05) is 24.0 Å². The highest BCUT2D eigenvalue weighted by Gasteiger charge is 2.03. The fourth-order valence-electron chi connectivity index (χ4n) is 0.974. The van der Waals surface area contributed by atoms with E-state index in [-0.39, 0.29) is 0 Å². The van der Waals surface area contributed by atoms with Crippen LogP contribution in [0.25, 0.3) is 0 Å². The van der Waals surface area contributed by atoms with Crippen LogP contribution in [0.1, 0.15) is 19.3 Å². The molecule has 1 aliphatic rings. The first-order valence-corrected chi connectivity index (χ1v) is 5.59. The minimum atomic E-state index is 0.753. The molecular formula is C7H13N3S2. The Morgan fingerprint density at radius 1 is 1.58 bits per heavy atom. The van der Waals surface area contributed by atoms with Crippen molar-refractivity contribution in [1.29, 1.82) is 0 Å². The molecule has 0 saturated heterocycles. The second kappa shape index (κ2) is 5.37. The second-order valence-electron chi connectivity index (χ2n) is 2.53. The third kappa shape index (κ3) is 3.40. The van der Waals surface area contributed by atoms with E-state index >= 15 is 0 Å². The van der Waals surface area contributed by atoms with E-state index in [9.17, 15) is 0 Å². The maximum atomic E-state index is 4.96. The lowest BCUT2D eigenvalue weighted by Crippen LogP contribution is -2.40. The number of nitrogens with zero attached hydrogens (tertiary/aromatic N) is 1. The van der Waals surface area contributed by atoms with E-state index in [0.717, 1.165) is 23.1 Å². The molecular weight excluding hydrogens is 190 g/mol. The van der Waals surface area contributed by atoms with Crippen LogP contribution >= 0.6 is 24.0 Å². The van der Waals surface area contributed by atoms with Crippen molar-refractivity contribution in [2.24, 2.45) is 4.99 Å². The summed E-state index contributed by atoms with van der Waals surface area (Å²) in [6.45, 7) is 0.941. The molecule has 5 heteroatoms. The van der Waals surface area contributed by atoms with Gasteiger partial charge in [-0.2, -0.15) is 0 Å². The molecule has 2 N–H and O–H groups in total. The average molecular weight is 203 g/mol. The Bertz CT molecular complexity index is 191. The zero-order chi connectivity index (χ0) is 8.81. The number of rotatable bonds is 0. The zero-order valence-electron chi connectivity index (χ0n) is 7.09. The molecule has 0 unspecified atom stereocenters. The number of thiocarbonyl (C=S) groups is 1. The number of hydrogen-bond acceptors (Lipinski definition) is 4. The zero-order valence-corrected chi connectivity index (χ0v) is 8.73. The smallest absolute Gasteiger partial charge is 0.152 e. The molecule has 12 heavy (non-hydrogen) atoms. The first-order valence-electron chi connectivity index (χ1n) is 3.96. The van der Waals surface area contributed by atoms with Crippen LogP contribution in [0.5, 0.6) is 0 Å². The summed E-state index contributed by atoms with van der Waals surface area (Å²) in [5.74, 6) is 1.03. The summed E-state index contributed by atoms with van der Waals surface area (Å²) in [5.41, 5.74) is 5.93. The maximum absolute atomic E-state index is 4.96. The Morgan fingerprint density at radius 3 is 3.00 bits per heavy atom. The lowest BCUT2D eigenvalue weighted by molar-refractivity contribution is 0.700. The molecule has 0 bridgehead atoms. The first kappa shape index (κ1) is 9.80. The van der Waals surface area contributed by atoms with E-state index < -0.39 is 0 Å². The van der Waals surface area contributed by atoms with Gasteiger partial charge in [-0.25, -0.2) is 0 Å². The van der Waals surface area contributed by atoms with E-state index in [2.05, 4.69) is 15.8 Å². The van der Waals surface area contributed by atoms with Gasteiger partial charge in [0.2, 0.25) is 0 Å². The molecule has 0 aromatic rings.